The van der Waals surface area contributed by atoms with Gasteiger partial charge in [0.05, 0.1) is 18.8 Å². The molecule has 2 aliphatic heterocycles. The van der Waals surface area contributed by atoms with E-state index < -0.39 is 30.5 Å². The molecule has 6 nitrogen and oxygen atoms in total. The smallest absolute Gasteiger partial charge is 0.329 e. The molecule has 0 N–H and O–H groups in total. The molecule has 192 valence electrons. The third kappa shape index (κ3) is 4.16. The van der Waals surface area contributed by atoms with Gasteiger partial charge >= 0.3 is 11.8 Å². The minimum Gasteiger partial charge on any atom is -0.346 e. The molecule has 0 bridgehead atoms. The molecule has 4 heterocycles. The zero-order chi connectivity index (χ0) is 25.7. The van der Waals surface area contributed by atoms with Crippen LogP contribution in [0.2, 0.25) is 0 Å². The number of hydrogen-bond acceptors (Lipinski definition) is 4. The van der Waals surface area contributed by atoms with Gasteiger partial charge in [0.1, 0.15) is 5.82 Å². The maximum atomic E-state index is 13.8. The number of halogens is 4. The number of anilines is 2. The number of benzene rings is 1. The fraction of sp³-hybridized carbons (Fsp3) is 0.462. The topological polar surface area (TPSA) is 45.8 Å². The standard InChI is InChI=1S/C26H29F4N5O/c1-3-4-5-12-34-21(19-8-10-20(11-9-19)33-13-6-7-18(33)2)15-35-23(36)14-22(31-24(34)35)32-16-25(27,28)26(29,30)17-32/h8-11,14-15H,2-7,12-13,16-17H2,1H3. The van der Waals surface area contributed by atoms with E-state index in [1.54, 1.807) is 6.20 Å². The van der Waals surface area contributed by atoms with Crippen LogP contribution in [0.4, 0.5) is 29.1 Å². The quantitative estimate of drug-likeness (QED) is 0.313. The second-order valence-electron chi connectivity index (χ2n) is 9.63. The molecule has 5 rings (SSSR count). The van der Waals surface area contributed by atoms with E-state index in [2.05, 4.69) is 23.4 Å². The van der Waals surface area contributed by atoms with Crippen molar-refractivity contribution in [1.82, 2.24) is 14.0 Å². The van der Waals surface area contributed by atoms with E-state index >= 15 is 0 Å². The molecule has 2 aromatic heterocycles. The first-order chi connectivity index (χ1) is 17.1. The molecule has 0 spiro atoms. The van der Waals surface area contributed by atoms with E-state index in [0.29, 0.717) is 6.54 Å². The number of aromatic nitrogens is 3. The maximum Gasteiger partial charge on any atom is 0.329 e. The molecule has 3 aromatic rings. The van der Waals surface area contributed by atoms with Gasteiger partial charge < -0.3 is 14.4 Å². The highest BCUT2D eigenvalue weighted by atomic mass is 19.3. The van der Waals surface area contributed by atoms with Crippen LogP contribution in [-0.2, 0) is 6.54 Å². The normalized spacial score (nSPS) is 19.1. The summed E-state index contributed by atoms with van der Waals surface area (Å²) >= 11 is 0. The average Bonchev–Trinajstić information content (AvgIpc) is 3.48. The van der Waals surface area contributed by atoms with Crippen molar-refractivity contribution in [2.24, 2.45) is 0 Å². The minimum atomic E-state index is -4.18. The molecule has 2 aliphatic rings. The highest BCUT2D eigenvalue weighted by Crippen LogP contribution is 2.42. The molecule has 10 heteroatoms. The summed E-state index contributed by atoms with van der Waals surface area (Å²) in [7, 11) is 0. The number of fused-ring (bicyclic) bond motifs is 1. The first-order valence-electron chi connectivity index (χ1n) is 12.3. The fourth-order valence-electron chi connectivity index (χ4n) is 5.00. The maximum absolute atomic E-state index is 13.8. The average molecular weight is 504 g/mol. The van der Waals surface area contributed by atoms with Gasteiger partial charge in [-0.3, -0.25) is 9.20 Å². The van der Waals surface area contributed by atoms with Crippen LogP contribution in [0.1, 0.15) is 39.0 Å². The van der Waals surface area contributed by atoms with Gasteiger partial charge in [0.25, 0.3) is 5.56 Å². The van der Waals surface area contributed by atoms with Gasteiger partial charge in [-0.25, -0.2) is 0 Å². The number of hydrogen-bond donors (Lipinski definition) is 0. The van der Waals surface area contributed by atoms with Crippen LogP contribution in [0.3, 0.4) is 0 Å². The van der Waals surface area contributed by atoms with Crippen molar-refractivity contribution < 1.29 is 17.6 Å². The zero-order valence-corrected chi connectivity index (χ0v) is 20.2. The molecule has 0 saturated carbocycles. The predicted molar refractivity (Wildman–Crippen MR) is 132 cm³/mol. The number of aryl methyl sites for hydroxylation is 1. The van der Waals surface area contributed by atoms with Crippen molar-refractivity contribution in [3.05, 3.63) is 59.2 Å². The molecule has 2 fully saturated rings. The van der Waals surface area contributed by atoms with Crippen LogP contribution < -0.4 is 15.4 Å². The van der Waals surface area contributed by atoms with Crippen molar-refractivity contribution in [3.63, 3.8) is 0 Å². The number of unbranched alkanes of at least 4 members (excludes halogenated alkanes) is 2. The Balaban J connectivity index is 1.56. The lowest BCUT2D eigenvalue weighted by Gasteiger charge is -2.19. The molecule has 0 amide bonds. The minimum absolute atomic E-state index is 0.166. The van der Waals surface area contributed by atoms with E-state index in [1.165, 1.54) is 4.40 Å². The molecular weight excluding hydrogens is 474 g/mol. The first-order valence-corrected chi connectivity index (χ1v) is 12.3. The molecule has 0 radical (unpaired) electrons. The second kappa shape index (κ2) is 8.97. The summed E-state index contributed by atoms with van der Waals surface area (Å²) < 4.78 is 58.6. The van der Waals surface area contributed by atoms with E-state index in [9.17, 15) is 22.4 Å². The van der Waals surface area contributed by atoms with Crippen LogP contribution >= 0.6 is 0 Å². The van der Waals surface area contributed by atoms with Gasteiger partial charge in [0.2, 0.25) is 5.78 Å². The summed E-state index contributed by atoms with van der Waals surface area (Å²) in [5, 5.41) is 0. The number of allylic oxidation sites excluding steroid dienone is 1. The zero-order valence-electron chi connectivity index (χ0n) is 20.2. The summed E-state index contributed by atoms with van der Waals surface area (Å²) in [6, 6.07) is 9.01. The summed E-state index contributed by atoms with van der Waals surface area (Å²) in [5.41, 5.74) is 3.23. The number of rotatable bonds is 7. The van der Waals surface area contributed by atoms with Crippen LogP contribution in [0.15, 0.2) is 53.6 Å². The van der Waals surface area contributed by atoms with Gasteiger partial charge in [-0.2, -0.15) is 22.5 Å². The third-order valence-corrected chi connectivity index (χ3v) is 7.03. The van der Waals surface area contributed by atoms with Crippen LogP contribution in [-0.4, -0.2) is 45.4 Å². The Labute approximate surface area is 206 Å². The number of nitrogens with zero attached hydrogens (tertiary/aromatic N) is 5. The first kappa shape index (κ1) is 24.4. The molecule has 0 unspecified atom stereocenters. The fourth-order valence-corrected chi connectivity index (χ4v) is 5.00. The Hall–Kier alpha value is -3.30. The van der Waals surface area contributed by atoms with Gasteiger partial charge in [-0.15, -0.1) is 0 Å². The Kier molecular flexibility index (Phi) is 6.08. The lowest BCUT2D eigenvalue weighted by molar-refractivity contribution is -0.172. The molecule has 36 heavy (non-hydrogen) atoms. The van der Waals surface area contributed by atoms with Crippen molar-refractivity contribution in [2.75, 3.05) is 29.4 Å². The van der Waals surface area contributed by atoms with E-state index in [-0.39, 0.29) is 11.6 Å². The van der Waals surface area contributed by atoms with Crippen LogP contribution in [0, 0.1) is 0 Å². The summed E-state index contributed by atoms with van der Waals surface area (Å²) in [5.74, 6) is -8.28. The van der Waals surface area contributed by atoms with Crippen LogP contribution in [0.5, 0.6) is 0 Å². The SMILES string of the molecule is C=C1CCCN1c1ccc(-c2cn3c(=O)cc(N4CC(F)(F)C(F)(F)C4)nc3n2CCCCC)cc1. The van der Waals surface area contributed by atoms with Crippen molar-refractivity contribution >= 4 is 17.3 Å². The summed E-state index contributed by atoms with van der Waals surface area (Å²) in [6.07, 6.45) is 6.47. The van der Waals surface area contributed by atoms with Crippen molar-refractivity contribution in [3.8, 4) is 11.3 Å². The number of imidazole rings is 1. The lowest BCUT2D eigenvalue weighted by atomic mass is 10.1. The summed E-state index contributed by atoms with van der Waals surface area (Å²) in [6.45, 7) is 5.30. The Morgan fingerprint density at radius 3 is 2.36 bits per heavy atom. The van der Waals surface area contributed by atoms with E-state index in [1.807, 2.05) is 28.8 Å². The molecule has 1 aromatic carbocycles. The van der Waals surface area contributed by atoms with Crippen LogP contribution in [0.25, 0.3) is 17.0 Å². The molecule has 0 atom stereocenters. The Bertz CT molecular complexity index is 1330. The lowest BCUT2D eigenvalue weighted by Crippen LogP contribution is -2.38. The summed E-state index contributed by atoms with van der Waals surface area (Å²) in [4.78, 5) is 20.4. The van der Waals surface area contributed by atoms with Gasteiger partial charge in [0.15, 0.2) is 0 Å². The Morgan fingerprint density at radius 2 is 1.75 bits per heavy atom. The molecule has 2 saturated heterocycles. The van der Waals surface area contributed by atoms with Crippen molar-refractivity contribution in [1.29, 1.82) is 0 Å². The third-order valence-electron chi connectivity index (χ3n) is 7.03. The van der Waals surface area contributed by atoms with Gasteiger partial charge in [-0.1, -0.05) is 38.5 Å². The predicted octanol–water partition coefficient (Wildman–Crippen LogP) is 5.56. The van der Waals surface area contributed by atoms with Gasteiger partial charge in [0, 0.05) is 36.7 Å². The second-order valence-corrected chi connectivity index (χ2v) is 9.63. The van der Waals surface area contributed by atoms with E-state index in [0.717, 1.165) is 72.3 Å². The monoisotopic (exact) mass is 503 g/mol. The van der Waals surface area contributed by atoms with E-state index in [4.69, 9.17) is 0 Å². The largest absolute Gasteiger partial charge is 0.346 e. The molecule has 0 aliphatic carbocycles. The molecular formula is C26H29F4N5O. The van der Waals surface area contributed by atoms with Crippen molar-refractivity contribution in [2.45, 2.75) is 57.4 Å². The Morgan fingerprint density at radius 1 is 1.06 bits per heavy atom. The highest BCUT2D eigenvalue weighted by molar-refractivity contribution is 5.67. The highest BCUT2D eigenvalue weighted by Gasteiger charge is 2.63. The van der Waals surface area contributed by atoms with Gasteiger partial charge in [-0.05, 0) is 37.0 Å². The number of alkyl halides is 4.